The molecule has 0 fully saturated rings. The zero-order chi connectivity index (χ0) is 11.4. The fourth-order valence-electron chi connectivity index (χ4n) is 0.908. The van der Waals surface area contributed by atoms with Crippen LogP contribution in [0.5, 0.6) is 0 Å². The second kappa shape index (κ2) is 6.42. The van der Waals surface area contributed by atoms with Crippen LogP contribution in [-0.2, 0) is 0 Å². The molecule has 0 aliphatic carbocycles. The maximum absolute atomic E-state index is 7.39. The number of benzene rings is 1. The highest BCUT2D eigenvalue weighted by atomic mass is 35.5. The number of halogens is 3. The molecule has 0 heterocycles. The second-order valence-corrected chi connectivity index (χ2v) is 3.45. The third kappa shape index (κ3) is 4.14. The molecule has 0 amide bonds. The summed E-state index contributed by atoms with van der Waals surface area (Å²) in [5.41, 5.74) is 5.45. The molecule has 0 saturated heterocycles. The van der Waals surface area contributed by atoms with Crippen molar-refractivity contribution in [3.8, 4) is 0 Å². The highest BCUT2D eigenvalue weighted by Gasteiger charge is 2.06. The lowest BCUT2D eigenvalue weighted by atomic mass is 10.3. The third-order valence-corrected chi connectivity index (χ3v) is 2.10. The van der Waals surface area contributed by atoms with Crippen molar-refractivity contribution in [3.05, 3.63) is 28.2 Å². The lowest BCUT2D eigenvalue weighted by Gasteiger charge is -2.11. The topological polar surface area (TPSA) is 97.8 Å². The first-order chi connectivity index (χ1) is 7.00. The fourth-order valence-corrected chi connectivity index (χ4v) is 1.40. The Morgan fingerprint density at radius 3 is 2.12 bits per heavy atom. The summed E-state index contributed by atoms with van der Waals surface area (Å²) >= 11 is 11.7. The lowest BCUT2D eigenvalue weighted by molar-refractivity contribution is 1.20. The summed E-state index contributed by atoms with van der Waals surface area (Å²) in [6.07, 6.45) is 0. The van der Waals surface area contributed by atoms with Gasteiger partial charge in [-0.05, 0) is 12.1 Å². The van der Waals surface area contributed by atoms with Crippen molar-refractivity contribution >= 4 is 53.2 Å². The van der Waals surface area contributed by atoms with E-state index < -0.39 is 0 Å². The summed E-state index contributed by atoms with van der Waals surface area (Å²) in [7, 11) is 0. The van der Waals surface area contributed by atoms with E-state index in [9.17, 15) is 0 Å². The Morgan fingerprint density at radius 2 is 1.69 bits per heavy atom. The zero-order valence-electron chi connectivity index (χ0n) is 7.97. The molecule has 1 aromatic carbocycles. The molecule has 16 heavy (non-hydrogen) atoms. The molecule has 0 spiro atoms. The van der Waals surface area contributed by atoms with Crippen LogP contribution in [0.3, 0.4) is 0 Å². The Balaban J connectivity index is 0.00000225. The summed E-state index contributed by atoms with van der Waals surface area (Å²) in [5, 5.41) is 19.9. The Morgan fingerprint density at radius 1 is 1.19 bits per heavy atom. The van der Waals surface area contributed by atoms with Crippen molar-refractivity contribution in [1.29, 1.82) is 10.8 Å². The average Bonchev–Trinajstić information content (AvgIpc) is 2.10. The molecule has 1 rings (SSSR count). The molecule has 0 unspecified atom stereocenters. The normalized spacial score (nSPS) is 8.88. The first kappa shape index (κ1) is 14.8. The number of nitrogens with two attached hydrogens (primary N) is 1. The molecule has 8 heteroatoms. The van der Waals surface area contributed by atoms with Gasteiger partial charge in [0.25, 0.3) is 0 Å². The predicted molar refractivity (Wildman–Crippen MR) is 70.1 cm³/mol. The van der Waals surface area contributed by atoms with Crippen LogP contribution in [0.25, 0.3) is 0 Å². The van der Waals surface area contributed by atoms with Gasteiger partial charge in [-0.3, -0.25) is 16.1 Å². The Labute approximate surface area is 109 Å². The van der Waals surface area contributed by atoms with Crippen molar-refractivity contribution < 1.29 is 0 Å². The van der Waals surface area contributed by atoms with Gasteiger partial charge in [0.05, 0.1) is 15.7 Å². The highest BCUT2D eigenvalue weighted by Crippen LogP contribution is 2.29. The molecule has 0 saturated carbocycles. The number of rotatable bonds is 1. The van der Waals surface area contributed by atoms with Crippen molar-refractivity contribution in [2.24, 2.45) is 5.73 Å². The minimum atomic E-state index is -0.337. The van der Waals surface area contributed by atoms with Crippen molar-refractivity contribution in [2.45, 2.75) is 0 Å². The first-order valence-corrected chi connectivity index (χ1v) is 4.67. The SMILES string of the molecule is Cl.N=C(N)NC(=N)Nc1c(Cl)cccc1Cl. The summed E-state index contributed by atoms with van der Waals surface area (Å²) in [4.78, 5) is 0. The third-order valence-electron chi connectivity index (χ3n) is 1.47. The number of hydrogen-bond donors (Lipinski definition) is 5. The number of anilines is 1. The number of hydrogen-bond acceptors (Lipinski definition) is 2. The van der Waals surface area contributed by atoms with Gasteiger partial charge in [0.1, 0.15) is 0 Å². The molecule has 0 aromatic heterocycles. The molecular formula is C8H10Cl3N5. The lowest BCUT2D eigenvalue weighted by Crippen LogP contribution is -2.39. The largest absolute Gasteiger partial charge is 0.370 e. The Bertz CT molecular complexity index is 386. The molecule has 0 bridgehead atoms. The van der Waals surface area contributed by atoms with E-state index in [1.165, 1.54) is 0 Å². The van der Waals surface area contributed by atoms with Gasteiger partial charge >= 0.3 is 0 Å². The molecule has 0 aliphatic rings. The molecule has 0 aliphatic heterocycles. The molecule has 0 radical (unpaired) electrons. The maximum Gasteiger partial charge on any atom is 0.199 e. The minimum absolute atomic E-state index is 0. The predicted octanol–water partition coefficient (Wildman–Crippen LogP) is 2.24. The van der Waals surface area contributed by atoms with E-state index in [1.54, 1.807) is 18.2 Å². The van der Waals surface area contributed by atoms with Gasteiger partial charge in [0, 0.05) is 0 Å². The summed E-state index contributed by atoms with van der Waals surface area (Å²) in [6.45, 7) is 0. The fraction of sp³-hybridized carbons (Fsp3) is 0. The van der Waals surface area contributed by atoms with Crippen molar-refractivity contribution in [1.82, 2.24) is 5.32 Å². The van der Waals surface area contributed by atoms with E-state index in [0.717, 1.165) is 0 Å². The van der Waals surface area contributed by atoms with E-state index in [4.69, 9.17) is 39.8 Å². The summed E-state index contributed by atoms with van der Waals surface area (Å²) in [6, 6.07) is 4.96. The monoisotopic (exact) mass is 281 g/mol. The molecule has 6 N–H and O–H groups in total. The van der Waals surface area contributed by atoms with Crippen LogP contribution in [0.15, 0.2) is 18.2 Å². The summed E-state index contributed by atoms with van der Waals surface area (Å²) < 4.78 is 0. The second-order valence-electron chi connectivity index (χ2n) is 2.64. The molecular weight excluding hydrogens is 272 g/mol. The van der Waals surface area contributed by atoms with Gasteiger partial charge in [-0.1, -0.05) is 29.3 Å². The van der Waals surface area contributed by atoms with E-state index in [0.29, 0.717) is 15.7 Å². The Kier molecular flexibility index (Phi) is 5.95. The van der Waals surface area contributed by atoms with Gasteiger partial charge in [-0.15, -0.1) is 12.4 Å². The van der Waals surface area contributed by atoms with Crippen LogP contribution in [0.1, 0.15) is 0 Å². The molecule has 0 atom stereocenters. The number of nitrogens with one attached hydrogen (secondary N) is 4. The van der Waals surface area contributed by atoms with Gasteiger partial charge in [0.15, 0.2) is 11.9 Å². The number of guanidine groups is 2. The summed E-state index contributed by atoms with van der Waals surface area (Å²) in [5.74, 6) is -0.506. The van der Waals surface area contributed by atoms with Crippen LogP contribution in [0, 0.1) is 10.8 Å². The van der Waals surface area contributed by atoms with E-state index in [1.807, 2.05) is 0 Å². The first-order valence-electron chi connectivity index (χ1n) is 3.91. The van der Waals surface area contributed by atoms with Crippen molar-refractivity contribution in [3.63, 3.8) is 0 Å². The molecule has 88 valence electrons. The average molecular weight is 283 g/mol. The van der Waals surface area contributed by atoms with Crippen LogP contribution in [0.2, 0.25) is 10.0 Å². The van der Waals surface area contributed by atoms with Gasteiger partial charge < -0.3 is 11.1 Å². The van der Waals surface area contributed by atoms with Gasteiger partial charge in [-0.25, -0.2) is 0 Å². The van der Waals surface area contributed by atoms with E-state index in [2.05, 4.69) is 10.6 Å². The standard InChI is InChI=1S/C8H9Cl2N5.ClH/c9-4-2-1-3-5(10)6(4)14-8(13)15-7(11)12;/h1-3H,(H6,11,12,13,14,15);1H. The van der Waals surface area contributed by atoms with Crippen LogP contribution >= 0.6 is 35.6 Å². The Hall–Kier alpha value is -1.17. The highest BCUT2D eigenvalue weighted by molar-refractivity contribution is 6.39. The van der Waals surface area contributed by atoms with Crippen LogP contribution in [-0.4, -0.2) is 11.9 Å². The van der Waals surface area contributed by atoms with Crippen LogP contribution < -0.4 is 16.4 Å². The smallest absolute Gasteiger partial charge is 0.199 e. The van der Waals surface area contributed by atoms with Crippen molar-refractivity contribution in [2.75, 3.05) is 5.32 Å². The van der Waals surface area contributed by atoms with Crippen LogP contribution in [0.4, 0.5) is 5.69 Å². The molecule has 1 aromatic rings. The van der Waals surface area contributed by atoms with Gasteiger partial charge in [-0.2, -0.15) is 0 Å². The van der Waals surface area contributed by atoms with E-state index in [-0.39, 0.29) is 24.3 Å². The minimum Gasteiger partial charge on any atom is -0.370 e. The zero-order valence-corrected chi connectivity index (χ0v) is 10.3. The van der Waals surface area contributed by atoms with E-state index >= 15 is 0 Å². The van der Waals surface area contributed by atoms with Gasteiger partial charge in [0.2, 0.25) is 0 Å². The number of para-hydroxylation sites is 1. The molecule has 5 nitrogen and oxygen atoms in total. The quantitative estimate of drug-likeness (QED) is 0.403. The maximum atomic E-state index is 7.39.